The third-order valence-corrected chi connectivity index (χ3v) is 3.91. The second-order valence-corrected chi connectivity index (χ2v) is 5.69. The zero-order chi connectivity index (χ0) is 15.9. The smallest absolute Gasteiger partial charge is 0.322 e. The Morgan fingerprint density at radius 3 is 3.00 bits per heavy atom. The molecule has 2 aromatic rings. The van der Waals surface area contributed by atoms with Crippen molar-refractivity contribution in [3.8, 4) is 0 Å². The molecule has 2 amide bonds. The molecule has 1 aromatic carbocycles. The number of benzene rings is 1. The van der Waals surface area contributed by atoms with Crippen LogP contribution >= 0.6 is 11.6 Å². The fourth-order valence-corrected chi connectivity index (χ4v) is 2.66. The number of fused-ring (bicyclic) bond motifs is 1. The van der Waals surface area contributed by atoms with E-state index in [1.807, 2.05) is 6.92 Å². The maximum atomic E-state index is 13.1. The van der Waals surface area contributed by atoms with Crippen molar-refractivity contribution in [3.63, 3.8) is 0 Å². The molecule has 2 heterocycles. The van der Waals surface area contributed by atoms with E-state index in [1.165, 1.54) is 18.2 Å². The fraction of sp³-hybridized carbons (Fsp3) is 0.286. The number of rotatable bonds is 1. The summed E-state index contributed by atoms with van der Waals surface area (Å²) in [5, 5.41) is 6.87. The Balaban J connectivity index is 1.76. The standard InChI is InChI=1S/C14H15ClFN5O/c1-8-6-21-10(5-13(17)19-21)7-20(8)14(22)18-9-2-3-12(16)11(15)4-9/h2-5,8H,6-7H2,1H3,(H2,17,19)(H,18,22). The van der Waals surface area contributed by atoms with Gasteiger partial charge in [-0.05, 0) is 25.1 Å². The van der Waals surface area contributed by atoms with E-state index in [2.05, 4.69) is 10.4 Å². The first-order valence-corrected chi connectivity index (χ1v) is 7.16. The lowest BCUT2D eigenvalue weighted by Gasteiger charge is -2.33. The van der Waals surface area contributed by atoms with E-state index in [9.17, 15) is 9.18 Å². The zero-order valence-corrected chi connectivity index (χ0v) is 12.6. The van der Waals surface area contributed by atoms with Gasteiger partial charge in [0.1, 0.15) is 11.6 Å². The summed E-state index contributed by atoms with van der Waals surface area (Å²) in [5.41, 5.74) is 7.00. The molecular weight excluding hydrogens is 309 g/mol. The molecule has 3 rings (SSSR count). The molecule has 0 saturated carbocycles. The summed E-state index contributed by atoms with van der Waals surface area (Å²) in [6.07, 6.45) is 0. The largest absolute Gasteiger partial charge is 0.382 e. The average Bonchev–Trinajstić information content (AvgIpc) is 2.81. The summed E-state index contributed by atoms with van der Waals surface area (Å²) in [6.45, 7) is 2.91. The van der Waals surface area contributed by atoms with E-state index in [0.717, 1.165) is 5.69 Å². The van der Waals surface area contributed by atoms with Crippen molar-refractivity contribution in [2.24, 2.45) is 0 Å². The van der Waals surface area contributed by atoms with Gasteiger partial charge in [-0.15, -0.1) is 0 Å². The molecule has 0 saturated heterocycles. The van der Waals surface area contributed by atoms with Crippen molar-refractivity contribution in [2.75, 3.05) is 11.1 Å². The molecule has 116 valence electrons. The molecule has 6 nitrogen and oxygen atoms in total. The number of halogens is 2. The minimum absolute atomic E-state index is 0.0321. The van der Waals surface area contributed by atoms with Crippen molar-refractivity contribution in [3.05, 3.63) is 40.8 Å². The van der Waals surface area contributed by atoms with Gasteiger partial charge < -0.3 is 16.0 Å². The Morgan fingerprint density at radius 2 is 2.27 bits per heavy atom. The number of nitrogens with two attached hydrogens (primary N) is 1. The Bertz CT molecular complexity index is 732. The Kier molecular flexibility index (Phi) is 3.66. The fourth-order valence-electron chi connectivity index (χ4n) is 2.48. The van der Waals surface area contributed by atoms with Gasteiger partial charge in [0, 0.05) is 11.8 Å². The van der Waals surface area contributed by atoms with Crippen LogP contribution in [0.5, 0.6) is 0 Å². The predicted molar refractivity (Wildman–Crippen MR) is 82.1 cm³/mol. The van der Waals surface area contributed by atoms with E-state index in [0.29, 0.717) is 24.6 Å². The minimum Gasteiger partial charge on any atom is -0.382 e. The second kappa shape index (κ2) is 5.49. The van der Waals surface area contributed by atoms with Crippen molar-refractivity contribution in [1.82, 2.24) is 14.7 Å². The number of nitrogen functional groups attached to an aromatic ring is 1. The average molecular weight is 324 g/mol. The first-order chi connectivity index (χ1) is 10.4. The number of urea groups is 1. The van der Waals surface area contributed by atoms with E-state index in [4.69, 9.17) is 17.3 Å². The van der Waals surface area contributed by atoms with Crippen molar-refractivity contribution < 1.29 is 9.18 Å². The summed E-state index contributed by atoms with van der Waals surface area (Å²) in [6, 6.07) is 5.50. The van der Waals surface area contributed by atoms with Gasteiger partial charge in [-0.25, -0.2) is 9.18 Å². The molecule has 0 radical (unpaired) electrons. The first kappa shape index (κ1) is 14.6. The van der Waals surface area contributed by atoms with E-state index in [-0.39, 0.29) is 17.1 Å². The second-order valence-electron chi connectivity index (χ2n) is 5.28. The molecule has 3 N–H and O–H groups in total. The molecule has 22 heavy (non-hydrogen) atoms. The van der Waals surface area contributed by atoms with Crippen LogP contribution in [0.15, 0.2) is 24.3 Å². The van der Waals surface area contributed by atoms with Gasteiger partial charge in [0.25, 0.3) is 0 Å². The van der Waals surface area contributed by atoms with Crippen LogP contribution in [-0.2, 0) is 13.1 Å². The molecule has 1 aliphatic rings. The molecule has 8 heteroatoms. The van der Waals surface area contributed by atoms with Gasteiger partial charge in [-0.1, -0.05) is 11.6 Å². The van der Waals surface area contributed by atoms with Gasteiger partial charge in [0.05, 0.1) is 29.8 Å². The summed E-state index contributed by atoms with van der Waals surface area (Å²) in [7, 11) is 0. The van der Waals surface area contributed by atoms with Crippen LogP contribution in [0.3, 0.4) is 0 Å². The van der Waals surface area contributed by atoms with E-state index >= 15 is 0 Å². The highest BCUT2D eigenvalue weighted by Gasteiger charge is 2.28. The van der Waals surface area contributed by atoms with Crippen molar-refractivity contribution >= 4 is 29.1 Å². The van der Waals surface area contributed by atoms with Crippen LogP contribution < -0.4 is 11.1 Å². The molecule has 1 aromatic heterocycles. The van der Waals surface area contributed by atoms with E-state index < -0.39 is 5.82 Å². The quantitative estimate of drug-likeness (QED) is 0.847. The topological polar surface area (TPSA) is 76.2 Å². The highest BCUT2D eigenvalue weighted by Crippen LogP contribution is 2.22. The number of carbonyl (C=O) groups excluding carboxylic acids is 1. The SMILES string of the molecule is CC1Cn2nc(N)cc2CN1C(=O)Nc1ccc(F)c(Cl)c1. The summed E-state index contributed by atoms with van der Waals surface area (Å²) in [4.78, 5) is 14.1. The third kappa shape index (κ3) is 2.71. The number of hydrogen-bond donors (Lipinski definition) is 2. The molecule has 0 fully saturated rings. The van der Waals surface area contributed by atoms with Crippen LogP contribution in [0, 0.1) is 5.82 Å². The maximum Gasteiger partial charge on any atom is 0.322 e. The van der Waals surface area contributed by atoms with Gasteiger partial charge in [-0.3, -0.25) is 4.68 Å². The molecular formula is C14H15ClFN5O. The zero-order valence-electron chi connectivity index (χ0n) is 11.9. The lowest BCUT2D eigenvalue weighted by atomic mass is 10.2. The number of carbonyl (C=O) groups is 1. The Labute approximate surface area is 131 Å². The number of amides is 2. The summed E-state index contributed by atoms with van der Waals surface area (Å²) in [5.74, 6) is -0.0832. The van der Waals surface area contributed by atoms with Crippen molar-refractivity contribution in [1.29, 1.82) is 0 Å². The monoisotopic (exact) mass is 323 g/mol. The van der Waals surface area contributed by atoms with Crippen LogP contribution in [0.2, 0.25) is 5.02 Å². The van der Waals surface area contributed by atoms with Crippen LogP contribution in [0.25, 0.3) is 0 Å². The molecule has 0 aliphatic carbocycles. The number of anilines is 2. The van der Waals surface area contributed by atoms with Gasteiger partial charge in [-0.2, -0.15) is 5.10 Å². The lowest BCUT2D eigenvalue weighted by Crippen LogP contribution is -2.46. The van der Waals surface area contributed by atoms with E-state index in [1.54, 1.807) is 15.6 Å². The number of hydrogen-bond acceptors (Lipinski definition) is 3. The van der Waals surface area contributed by atoms with Crippen LogP contribution in [0.1, 0.15) is 12.6 Å². The molecule has 1 atom stereocenters. The molecule has 1 aliphatic heterocycles. The van der Waals surface area contributed by atoms with Crippen LogP contribution in [0.4, 0.5) is 20.7 Å². The third-order valence-electron chi connectivity index (χ3n) is 3.62. The van der Waals surface area contributed by atoms with Gasteiger partial charge in [0.2, 0.25) is 0 Å². The molecule has 0 spiro atoms. The molecule has 1 unspecified atom stereocenters. The normalized spacial score (nSPS) is 17.2. The van der Waals surface area contributed by atoms with Gasteiger partial charge >= 0.3 is 6.03 Å². The van der Waals surface area contributed by atoms with Crippen LogP contribution in [-0.4, -0.2) is 26.8 Å². The first-order valence-electron chi connectivity index (χ1n) is 6.79. The number of aromatic nitrogens is 2. The highest BCUT2D eigenvalue weighted by molar-refractivity contribution is 6.31. The molecule has 0 bridgehead atoms. The number of nitrogens with one attached hydrogen (secondary N) is 1. The summed E-state index contributed by atoms with van der Waals surface area (Å²) >= 11 is 5.72. The number of nitrogens with zero attached hydrogens (tertiary/aromatic N) is 3. The highest BCUT2D eigenvalue weighted by atomic mass is 35.5. The summed E-state index contributed by atoms with van der Waals surface area (Å²) < 4.78 is 14.9. The van der Waals surface area contributed by atoms with Crippen molar-refractivity contribution in [2.45, 2.75) is 26.1 Å². The lowest BCUT2D eigenvalue weighted by molar-refractivity contribution is 0.161. The minimum atomic E-state index is -0.523. The Hall–Kier alpha value is -2.28. The predicted octanol–water partition coefficient (Wildman–Crippen LogP) is 2.69. The maximum absolute atomic E-state index is 13.1. The Morgan fingerprint density at radius 1 is 1.50 bits per heavy atom. The van der Waals surface area contributed by atoms with Gasteiger partial charge in [0.15, 0.2) is 0 Å².